The quantitative estimate of drug-likeness (QED) is 0.807. The highest BCUT2D eigenvalue weighted by Gasteiger charge is 2.03. The Morgan fingerprint density at radius 2 is 2.25 bits per heavy atom. The van der Waals surface area contributed by atoms with Gasteiger partial charge in [-0.2, -0.15) is 0 Å². The third kappa shape index (κ3) is 2.68. The van der Waals surface area contributed by atoms with E-state index in [0.29, 0.717) is 0 Å². The van der Waals surface area contributed by atoms with Crippen LogP contribution in [0.15, 0.2) is 17.8 Å². The first-order valence-electron chi connectivity index (χ1n) is 5.34. The molecule has 0 aliphatic rings. The predicted molar refractivity (Wildman–Crippen MR) is 69.1 cm³/mol. The Labute approximate surface area is 99.3 Å². The summed E-state index contributed by atoms with van der Waals surface area (Å²) < 4.78 is 1.15. The molecule has 0 aliphatic heterocycles. The number of nitrogens with zero attached hydrogens (tertiary/aromatic N) is 3. The minimum Gasteiger partial charge on any atom is -0.369 e. The molecular weight excluding hydrogens is 220 g/mol. The average molecular weight is 236 g/mol. The third-order valence-electron chi connectivity index (χ3n) is 2.32. The summed E-state index contributed by atoms with van der Waals surface area (Å²) in [6.45, 7) is 2.04. The van der Waals surface area contributed by atoms with Crippen molar-refractivity contribution in [2.24, 2.45) is 0 Å². The van der Waals surface area contributed by atoms with Crippen molar-refractivity contribution >= 4 is 27.4 Å². The molecule has 1 N–H and O–H groups in total. The van der Waals surface area contributed by atoms with Gasteiger partial charge in [0.05, 0.1) is 10.2 Å². The van der Waals surface area contributed by atoms with Crippen LogP contribution < -0.4 is 5.32 Å². The number of thiophene rings is 1. The molecule has 2 aromatic rings. The van der Waals surface area contributed by atoms with E-state index in [1.54, 1.807) is 17.7 Å². The van der Waals surface area contributed by atoms with Crippen molar-refractivity contribution in [2.75, 3.05) is 32.5 Å². The van der Waals surface area contributed by atoms with E-state index in [2.05, 4.69) is 34.3 Å². The maximum absolute atomic E-state index is 4.27. The summed E-state index contributed by atoms with van der Waals surface area (Å²) in [6, 6.07) is 2.02. The fourth-order valence-electron chi connectivity index (χ4n) is 1.52. The van der Waals surface area contributed by atoms with E-state index in [-0.39, 0.29) is 0 Å². The van der Waals surface area contributed by atoms with Crippen LogP contribution in [-0.2, 0) is 0 Å². The van der Waals surface area contributed by atoms with Crippen LogP contribution in [0.1, 0.15) is 6.42 Å². The monoisotopic (exact) mass is 236 g/mol. The van der Waals surface area contributed by atoms with Gasteiger partial charge in [0, 0.05) is 6.54 Å². The Hall–Kier alpha value is -1.20. The fourth-order valence-corrected chi connectivity index (χ4v) is 2.33. The van der Waals surface area contributed by atoms with Gasteiger partial charge in [-0.05, 0) is 38.5 Å². The molecular formula is C11H16N4S. The Balaban J connectivity index is 1.96. The van der Waals surface area contributed by atoms with Crippen LogP contribution in [0.2, 0.25) is 0 Å². The van der Waals surface area contributed by atoms with Crippen molar-refractivity contribution in [3.63, 3.8) is 0 Å². The third-order valence-corrected chi connectivity index (χ3v) is 3.23. The molecule has 0 saturated heterocycles. The summed E-state index contributed by atoms with van der Waals surface area (Å²) in [6.07, 6.45) is 2.73. The lowest BCUT2D eigenvalue weighted by molar-refractivity contribution is 0.405. The highest BCUT2D eigenvalue weighted by Crippen LogP contribution is 2.24. The number of anilines is 1. The van der Waals surface area contributed by atoms with E-state index < -0.39 is 0 Å². The number of aromatic nitrogens is 2. The second kappa shape index (κ2) is 5.23. The second-order valence-corrected chi connectivity index (χ2v) is 4.86. The predicted octanol–water partition coefficient (Wildman–Crippen LogP) is 2.05. The lowest BCUT2D eigenvalue weighted by atomic mass is 10.4. The first kappa shape index (κ1) is 11.3. The molecule has 0 aromatic carbocycles. The van der Waals surface area contributed by atoms with Crippen LogP contribution >= 0.6 is 11.3 Å². The van der Waals surface area contributed by atoms with Gasteiger partial charge in [-0.25, -0.2) is 9.97 Å². The minimum absolute atomic E-state index is 0.947. The van der Waals surface area contributed by atoms with Gasteiger partial charge >= 0.3 is 0 Å². The van der Waals surface area contributed by atoms with Crippen LogP contribution in [-0.4, -0.2) is 42.1 Å². The van der Waals surface area contributed by atoms with Crippen molar-refractivity contribution in [3.8, 4) is 0 Å². The topological polar surface area (TPSA) is 41.0 Å². The molecule has 5 heteroatoms. The Bertz CT molecular complexity index is 452. The normalized spacial score (nSPS) is 11.2. The Kier molecular flexibility index (Phi) is 3.69. The summed E-state index contributed by atoms with van der Waals surface area (Å²) in [5.74, 6) is 0.957. The molecule has 2 aromatic heterocycles. The first-order valence-corrected chi connectivity index (χ1v) is 6.22. The maximum atomic E-state index is 4.27. The summed E-state index contributed by atoms with van der Waals surface area (Å²) >= 11 is 1.68. The Morgan fingerprint density at radius 1 is 1.38 bits per heavy atom. The van der Waals surface area contributed by atoms with Gasteiger partial charge in [0.25, 0.3) is 0 Å². The molecule has 86 valence electrons. The van der Waals surface area contributed by atoms with Gasteiger partial charge < -0.3 is 10.2 Å². The number of rotatable bonds is 5. The second-order valence-electron chi connectivity index (χ2n) is 3.94. The summed E-state index contributed by atoms with van der Waals surface area (Å²) in [7, 11) is 4.17. The van der Waals surface area contributed by atoms with E-state index in [1.807, 2.05) is 11.4 Å². The van der Waals surface area contributed by atoms with Crippen LogP contribution in [0.4, 0.5) is 5.82 Å². The van der Waals surface area contributed by atoms with Crippen molar-refractivity contribution in [1.82, 2.24) is 14.9 Å². The highest BCUT2D eigenvalue weighted by atomic mass is 32.1. The number of hydrogen-bond acceptors (Lipinski definition) is 5. The van der Waals surface area contributed by atoms with Gasteiger partial charge in [-0.15, -0.1) is 11.3 Å². The molecule has 0 aliphatic carbocycles. The van der Waals surface area contributed by atoms with Crippen molar-refractivity contribution < 1.29 is 0 Å². The molecule has 0 fully saturated rings. The number of nitrogens with one attached hydrogen (secondary N) is 1. The average Bonchev–Trinajstić information content (AvgIpc) is 2.72. The summed E-state index contributed by atoms with van der Waals surface area (Å²) in [5.41, 5.74) is 1.02. The molecule has 2 heterocycles. The standard InChI is InChI=1S/C11H16N4S/c1-15(2)6-3-5-12-11-10-9(4-7-16-10)13-8-14-11/h4,7-8H,3,5-6H2,1-2H3,(H,12,13,14). The van der Waals surface area contributed by atoms with Gasteiger partial charge in [-0.3, -0.25) is 0 Å². The molecule has 2 rings (SSSR count). The summed E-state index contributed by atoms with van der Waals surface area (Å²) in [5, 5.41) is 5.41. The zero-order chi connectivity index (χ0) is 11.4. The van der Waals surface area contributed by atoms with Gasteiger partial charge in [0.1, 0.15) is 12.1 Å². The van der Waals surface area contributed by atoms with Crippen molar-refractivity contribution in [2.45, 2.75) is 6.42 Å². The van der Waals surface area contributed by atoms with E-state index in [1.165, 1.54) is 0 Å². The van der Waals surface area contributed by atoms with E-state index in [0.717, 1.165) is 35.5 Å². The molecule has 0 unspecified atom stereocenters. The largest absolute Gasteiger partial charge is 0.369 e. The molecule has 0 atom stereocenters. The van der Waals surface area contributed by atoms with Crippen LogP contribution in [0.5, 0.6) is 0 Å². The SMILES string of the molecule is CN(C)CCCNc1ncnc2ccsc12. The van der Waals surface area contributed by atoms with Crippen LogP contribution in [0.3, 0.4) is 0 Å². The van der Waals surface area contributed by atoms with Crippen LogP contribution in [0.25, 0.3) is 10.2 Å². The molecule has 0 saturated carbocycles. The molecule has 0 radical (unpaired) electrons. The van der Waals surface area contributed by atoms with Gasteiger partial charge in [0.15, 0.2) is 0 Å². The fraction of sp³-hybridized carbons (Fsp3) is 0.455. The van der Waals surface area contributed by atoms with E-state index in [4.69, 9.17) is 0 Å². The molecule has 4 nitrogen and oxygen atoms in total. The smallest absolute Gasteiger partial charge is 0.147 e. The molecule has 0 spiro atoms. The molecule has 16 heavy (non-hydrogen) atoms. The van der Waals surface area contributed by atoms with Gasteiger partial charge in [-0.1, -0.05) is 0 Å². The minimum atomic E-state index is 0.947. The first-order chi connectivity index (χ1) is 7.77. The molecule has 0 bridgehead atoms. The van der Waals surface area contributed by atoms with E-state index >= 15 is 0 Å². The highest BCUT2D eigenvalue weighted by molar-refractivity contribution is 7.17. The lowest BCUT2D eigenvalue weighted by Crippen LogP contribution is -2.16. The number of fused-ring (bicyclic) bond motifs is 1. The van der Waals surface area contributed by atoms with Gasteiger partial charge in [0.2, 0.25) is 0 Å². The zero-order valence-electron chi connectivity index (χ0n) is 9.60. The molecule has 0 amide bonds. The lowest BCUT2D eigenvalue weighted by Gasteiger charge is -2.10. The number of hydrogen-bond donors (Lipinski definition) is 1. The van der Waals surface area contributed by atoms with Crippen LogP contribution in [0, 0.1) is 0 Å². The zero-order valence-corrected chi connectivity index (χ0v) is 10.4. The maximum Gasteiger partial charge on any atom is 0.147 e. The van der Waals surface area contributed by atoms with Crippen molar-refractivity contribution in [3.05, 3.63) is 17.8 Å². The van der Waals surface area contributed by atoms with Crippen molar-refractivity contribution in [1.29, 1.82) is 0 Å². The summed E-state index contributed by atoms with van der Waals surface area (Å²) in [4.78, 5) is 10.7. The van der Waals surface area contributed by atoms with E-state index in [9.17, 15) is 0 Å². The Morgan fingerprint density at radius 3 is 3.06 bits per heavy atom.